The molecule has 158 valence electrons. The molecule has 0 unspecified atom stereocenters. The minimum Gasteiger partial charge on any atom is -0.361 e. The van der Waals surface area contributed by atoms with Gasteiger partial charge in [0.25, 0.3) is 0 Å². The number of pyridine rings is 1. The van der Waals surface area contributed by atoms with E-state index in [4.69, 9.17) is 19.2 Å². The van der Waals surface area contributed by atoms with E-state index in [9.17, 15) is 0 Å². The third-order valence-corrected chi connectivity index (χ3v) is 7.78. The van der Waals surface area contributed by atoms with E-state index >= 15 is 0 Å². The summed E-state index contributed by atoms with van der Waals surface area (Å²) in [6, 6.07) is 5.39. The molecule has 2 aromatic heterocycles. The predicted octanol–water partition coefficient (Wildman–Crippen LogP) is 5.99. The van der Waals surface area contributed by atoms with Gasteiger partial charge >= 0.3 is 0 Å². The average molecular weight is 490 g/mol. The van der Waals surface area contributed by atoms with Crippen molar-refractivity contribution in [1.82, 2.24) is 9.55 Å². The van der Waals surface area contributed by atoms with Crippen molar-refractivity contribution in [3.8, 4) is 0 Å². The van der Waals surface area contributed by atoms with Crippen molar-refractivity contribution in [1.29, 1.82) is 0 Å². The predicted molar refractivity (Wildman–Crippen MR) is 124 cm³/mol. The average Bonchev–Trinajstić information content (AvgIpc) is 3.00. The normalized spacial score (nSPS) is 12.4. The molecule has 0 aliphatic rings. The molecule has 0 aliphatic heterocycles. The van der Waals surface area contributed by atoms with Crippen molar-refractivity contribution in [3.05, 3.63) is 22.8 Å². The molecule has 0 aromatic carbocycles. The lowest BCUT2D eigenvalue weighted by Crippen LogP contribution is -2.22. The first kappa shape index (κ1) is 23.9. The number of halogens is 1. The van der Waals surface area contributed by atoms with Crippen molar-refractivity contribution >= 4 is 46.8 Å². The van der Waals surface area contributed by atoms with Crippen LogP contribution in [0.5, 0.6) is 0 Å². The van der Waals surface area contributed by atoms with Gasteiger partial charge in [-0.25, -0.2) is 4.98 Å². The topological polar surface area (TPSA) is 45.5 Å². The van der Waals surface area contributed by atoms with Crippen molar-refractivity contribution in [2.24, 2.45) is 0 Å². The Morgan fingerprint density at radius 1 is 1.21 bits per heavy atom. The van der Waals surface area contributed by atoms with Crippen LogP contribution >= 0.6 is 27.7 Å². The van der Waals surface area contributed by atoms with Crippen molar-refractivity contribution in [3.63, 3.8) is 0 Å². The Morgan fingerprint density at radius 3 is 2.57 bits per heavy atom. The van der Waals surface area contributed by atoms with Crippen LogP contribution in [-0.2, 0) is 20.9 Å². The molecule has 0 amide bonds. The molecular weight excluding hydrogens is 456 g/mol. The highest BCUT2D eigenvalue weighted by Gasteiger charge is 2.14. The minimum absolute atomic E-state index is 0.145. The van der Waals surface area contributed by atoms with Crippen molar-refractivity contribution in [2.45, 2.75) is 64.0 Å². The van der Waals surface area contributed by atoms with Gasteiger partial charge in [0.15, 0.2) is 6.29 Å². The van der Waals surface area contributed by atoms with Crippen LogP contribution in [0.2, 0.25) is 25.7 Å². The Morgan fingerprint density at radius 2 is 1.93 bits per heavy atom. The van der Waals surface area contributed by atoms with E-state index in [-0.39, 0.29) is 6.29 Å². The molecule has 2 aromatic rings. The standard InChI is InChI=1S/C20H33BrN2O3SSi/c1-6-25-18(26-7-2)9-12-27-20-17(21)14-16-8-10-23(19(16)22-20)15-24-11-13-28(3,4)5/h8,10,14,18H,6-7,9,11-13,15H2,1-5H3. The molecule has 2 heterocycles. The molecule has 2 rings (SSSR count). The van der Waals surface area contributed by atoms with E-state index < -0.39 is 8.07 Å². The van der Waals surface area contributed by atoms with Gasteiger partial charge in [0, 0.05) is 51.7 Å². The Balaban J connectivity index is 1.97. The molecule has 0 aliphatic carbocycles. The van der Waals surface area contributed by atoms with E-state index in [2.05, 4.69) is 52.3 Å². The summed E-state index contributed by atoms with van der Waals surface area (Å²) in [4.78, 5) is 4.88. The first-order valence-electron chi connectivity index (χ1n) is 9.93. The number of thioether (sulfide) groups is 1. The van der Waals surface area contributed by atoms with Crippen LogP contribution in [0.25, 0.3) is 11.0 Å². The highest BCUT2D eigenvalue weighted by Crippen LogP contribution is 2.30. The fourth-order valence-electron chi connectivity index (χ4n) is 2.66. The van der Waals surface area contributed by atoms with E-state index in [1.165, 1.54) is 6.04 Å². The molecular formula is C20H33BrN2O3SSi. The molecule has 0 fully saturated rings. The lowest BCUT2D eigenvalue weighted by molar-refractivity contribution is -0.136. The third kappa shape index (κ3) is 7.80. The summed E-state index contributed by atoms with van der Waals surface area (Å²) in [7, 11) is -1.07. The van der Waals surface area contributed by atoms with Crippen LogP contribution in [0.4, 0.5) is 0 Å². The molecule has 8 heteroatoms. The van der Waals surface area contributed by atoms with Gasteiger partial charge in [-0.05, 0) is 48.0 Å². The molecule has 0 radical (unpaired) electrons. The van der Waals surface area contributed by atoms with Crippen LogP contribution in [0.3, 0.4) is 0 Å². The van der Waals surface area contributed by atoms with Crippen LogP contribution in [-0.4, -0.2) is 49.5 Å². The first-order valence-corrected chi connectivity index (χ1v) is 15.4. The van der Waals surface area contributed by atoms with Crippen molar-refractivity contribution < 1.29 is 14.2 Å². The van der Waals surface area contributed by atoms with Crippen LogP contribution in [0.1, 0.15) is 20.3 Å². The number of hydrogen-bond acceptors (Lipinski definition) is 5. The van der Waals surface area contributed by atoms with Crippen molar-refractivity contribution in [2.75, 3.05) is 25.6 Å². The molecule has 0 spiro atoms. The van der Waals surface area contributed by atoms with Crippen LogP contribution < -0.4 is 0 Å². The summed E-state index contributed by atoms with van der Waals surface area (Å²) >= 11 is 5.38. The second kappa shape index (κ2) is 11.7. The molecule has 0 bridgehead atoms. The largest absolute Gasteiger partial charge is 0.361 e. The third-order valence-electron chi connectivity index (χ3n) is 4.18. The summed E-state index contributed by atoms with van der Waals surface area (Å²) in [6.07, 6.45) is 2.74. The van der Waals surface area contributed by atoms with Gasteiger partial charge in [-0.3, -0.25) is 0 Å². The van der Waals surface area contributed by atoms with Gasteiger partial charge in [0.1, 0.15) is 17.4 Å². The smallest absolute Gasteiger partial charge is 0.158 e. The summed E-state index contributed by atoms with van der Waals surface area (Å²) in [5, 5.41) is 2.10. The van der Waals surface area contributed by atoms with Gasteiger partial charge < -0.3 is 18.8 Å². The molecule has 0 saturated carbocycles. The molecule has 28 heavy (non-hydrogen) atoms. The van der Waals surface area contributed by atoms with Crippen LogP contribution in [0.15, 0.2) is 27.8 Å². The van der Waals surface area contributed by atoms with E-state index in [0.717, 1.165) is 39.3 Å². The quantitative estimate of drug-likeness (QED) is 0.150. The Bertz CT molecular complexity index is 730. The maximum Gasteiger partial charge on any atom is 0.158 e. The lowest BCUT2D eigenvalue weighted by atomic mass is 10.3. The zero-order chi connectivity index (χ0) is 20.6. The number of rotatable bonds is 13. The second-order valence-corrected chi connectivity index (χ2v) is 15.4. The number of hydrogen-bond donors (Lipinski definition) is 0. The van der Waals surface area contributed by atoms with E-state index in [0.29, 0.717) is 19.9 Å². The Kier molecular flexibility index (Phi) is 9.99. The SMILES string of the molecule is CCOC(CCSc1nc2c(ccn2COCC[Si](C)(C)C)cc1Br)OCC. The lowest BCUT2D eigenvalue weighted by Gasteiger charge is -2.16. The van der Waals surface area contributed by atoms with E-state index in [1.54, 1.807) is 11.8 Å². The monoisotopic (exact) mass is 488 g/mol. The minimum atomic E-state index is -1.07. The molecule has 5 nitrogen and oxygen atoms in total. The molecule has 0 saturated heterocycles. The zero-order valence-electron chi connectivity index (χ0n) is 17.7. The zero-order valence-corrected chi connectivity index (χ0v) is 21.1. The highest BCUT2D eigenvalue weighted by atomic mass is 79.9. The van der Waals surface area contributed by atoms with E-state index in [1.807, 2.05) is 20.0 Å². The van der Waals surface area contributed by atoms with Gasteiger partial charge in [-0.2, -0.15) is 0 Å². The Labute approximate surface area is 182 Å². The fraction of sp³-hybridized carbons (Fsp3) is 0.650. The summed E-state index contributed by atoms with van der Waals surface area (Å²) < 4.78 is 20.2. The maximum atomic E-state index is 5.90. The number of fused-ring (bicyclic) bond motifs is 1. The maximum absolute atomic E-state index is 5.90. The number of nitrogens with zero attached hydrogens (tertiary/aromatic N) is 2. The van der Waals surface area contributed by atoms with Gasteiger partial charge in [-0.1, -0.05) is 19.6 Å². The van der Waals surface area contributed by atoms with Gasteiger partial charge in [0.2, 0.25) is 0 Å². The van der Waals surface area contributed by atoms with Crippen LogP contribution in [0, 0.1) is 0 Å². The summed E-state index contributed by atoms with van der Waals surface area (Å²) in [5.41, 5.74) is 0.963. The second-order valence-electron chi connectivity index (χ2n) is 7.80. The summed E-state index contributed by atoms with van der Waals surface area (Å²) in [6.45, 7) is 13.8. The Hall–Kier alpha value is -0.383. The molecule has 0 atom stereocenters. The fourth-order valence-corrected chi connectivity index (χ4v) is 4.94. The highest BCUT2D eigenvalue weighted by molar-refractivity contribution is 9.10. The summed E-state index contributed by atoms with van der Waals surface area (Å²) in [5.74, 6) is 0.884. The first-order chi connectivity index (χ1) is 13.3. The number of aromatic nitrogens is 2. The van der Waals surface area contributed by atoms with Gasteiger partial charge in [-0.15, -0.1) is 11.8 Å². The van der Waals surface area contributed by atoms with Gasteiger partial charge in [0.05, 0.1) is 4.47 Å². The molecule has 0 N–H and O–H groups in total. The number of ether oxygens (including phenoxy) is 3.